The second-order valence-corrected chi connectivity index (χ2v) is 4.22. The molecule has 13 heavy (non-hydrogen) atoms. The van der Waals surface area contributed by atoms with Crippen molar-refractivity contribution in [3.05, 3.63) is 0 Å². The van der Waals surface area contributed by atoms with Crippen molar-refractivity contribution in [3.8, 4) is 0 Å². The third kappa shape index (κ3) is 4.84. The van der Waals surface area contributed by atoms with Crippen LogP contribution in [0.15, 0.2) is 0 Å². The van der Waals surface area contributed by atoms with E-state index in [1.165, 1.54) is 0 Å². The summed E-state index contributed by atoms with van der Waals surface area (Å²) in [6.07, 6.45) is 6.13. The number of ether oxygens (including phenoxy) is 1. The Kier molecular flexibility index (Phi) is 5.93. The normalized spacial score (nSPS) is 33.9. The molecule has 0 bridgehead atoms. The van der Waals surface area contributed by atoms with E-state index in [4.69, 9.17) is 10.5 Å². The molecule has 3 heteroatoms. The largest absolute Gasteiger partial charge is 0.378 e. The fraction of sp³-hybridized carbons (Fsp3) is 1.00. The van der Waals surface area contributed by atoms with E-state index in [1.54, 1.807) is 0 Å². The summed E-state index contributed by atoms with van der Waals surface area (Å²) in [7, 11) is 0. The molecule has 0 spiro atoms. The molecule has 0 amide bonds. The van der Waals surface area contributed by atoms with Gasteiger partial charge < -0.3 is 10.5 Å². The molecule has 2 N–H and O–H groups in total. The molecular formula is C10H22ClNO. The highest BCUT2D eigenvalue weighted by atomic mass is 35.5. The minimum absolute atomic E-state index is 0. The van der Waals surface area contributed by atoms with Gasteiger partial charge in [0.15, 0.2) is 0 Å². The van der Waals surface area contributed by atoms with E-state index in [0.717, 1.165) is 38.7 Å². The van der Waals surface area contributed by atoms with Gasteiger partial charge in [0, 0.05) is 12.1 Å². The van der Waals surface area contributed by atoms with Gasteiger partial charge in [-0.2, -0.15) is 0 Å². The Bertz CT molecular complexity index is 129. The molecule has 0 unspecified atom stereocenters. The molecule has 0 saturated heterocycles. The highest BCUT2D eigenvalue weighted by Crippen LogP contribution is 2.27. The van der Waals surface area contributed by atoms with Gasteiger partial charge in [-0.15, -0.1) is 12.4 Å². The molecule has 1 saturated carbocycles. The molecule has 0 heterocycles. The third-order valence-electron chi connectivity index (χ3n) is 2.63. The number of halogens is 1. The molecule has 1 rings (SSSR count). The van der Waals surface area contributed by atoms with Gasteiger partial charge in [-0.05, 0) is 39.0 Å². The predicted octanol–water partition coefficient (Wildman–Crippen LogP) is 2.49. The van der Waals surface area contributed by atoms with Crippen LogP contribution in [-0.2, 0) is 4.74 Å². The molecule has 1 fully saturated rings. The van der Waals surface area contributed by atoms with Crippen molar-refractivity contribution < 1.29 is 4.74 Å². The summed E-state index contributed by atoms with van der Waals surface area (Å²) in [4.78, 5) is 0. The summed E-state index contributed by atoms with van der Waals surface area (Å²) in [5.41, 5.74) is 6.09. The van der Waals surface area contributed by atoms with Crippen molar-refractivity contribution in [1.82, 2.24) is 0 Å². The van der Waals surface area contributed by atoms with Crippen LogP contribution in [0.4, 0.5) is 0 Å². The minimum atomic E-state index is 0. The van der Waals surface area contributed by atoms with Crippen LogP contribution in [0.3, 0.4) is 0 Å². The van der Waals surface area contributed by atoms with Gasteiger partial charge in [-0.3, -0.25) is 0 Å². The minimum Gasteiger partial charge on any atom is -0.378 e. The first kappa shape index (κ1) is 13.2. The van der Waals surface area contributed by atoms with Crippen molar-refractivity contribution in [2.45, 2.75) is 57.6 Å². The Morgan fingerprint density at radius 3 is 2.38 bits per heavy atom. The van der Waals surface area contributed by atoms with Crippen LogP contribution in [0.25, 0.3) is 0 Å². The molecule has 0 aromatic heterocycles. The smallest absolute Gasteiger partial charge is 0.0576 e. The zero-order valence-electron chi connectivity index (χ0n) is 8.71. The van der Waals surface area contributed by atoms with Crippen LogP contribution < -0.4 is 5.73 Å². The van der Waals surface area contributed by atoms with Crippen molar-refractivity contribution >= 4 is 12.4 Å². The Morgan fingerprint density at radius 1 is 1.38 bits per heavy atom. The topological polar surface area (TPSA) is 35.2 Å². The van der Waals surface area contributed by atoms with Crippen LogP contribution in [0.5, 0.6) is 0 Å². The average Bonchev–Trinajstić information content (AvgIpc) is 2.03. The quantitative estimate of drug-likeness (QED) is 0.772. The predicted molar refractivity (Wildman–Crippen MR) is 58.3 cm³/mol. The highest BCUT2D eigenvalue weighted by molar-refractivity contribution is 5.85. The van der Waals surface area contributed by atoms with Crippen LogP contribution in [-0.4, -0.2) is 18.2 Å². The van der Waals surface area contributed by atoms with Crippen molar-refractivity contribution in [3.63, 3.8) is 0 Å². The fourth-order valence-corrected chi connectivity index (χ4v) is 1.70. The molecule has 0 aromatic carbocycles. The first-order valence-corrected chi connectivity index (χ1v) is 5.04. The lowest BCUT2D eigenvalue weighted by atomic mass is 9.83. The highest BCUT2D eigenvalue weighted by Gasteiger charge is 2.27. The van der Waals surface area contributed by atoms with E-state index in [-0.39, 0.29) is 17.9 Å². The Balaban J connectivity index is 0.00000144. The number of hydrogen-bond donors (Lipinski definition) is 1. The molecular weight excluding hydrogens is 186 g/mol. The molecule has 1 aliphatic carbocycles. The zero-order valence-corrected chi connectivity index (χ0v) is 9.53. The van der Waals surface area contributed by atoms with Crippen LogP contribution in [0.2, 0.25) is 0 Å². The Hall–Kier alpha value is 0.210. The first-order chi connectivity index (χ1) is 5.64. The van der Waals surface area contributed by atoms with Gasteiger partial charge in [0.1, 0.15) is 0 Å². The summed E-state index contributed by atoms with van der Waals surface area (Å²) in [5.74, 6) is 0. The lowest BCUT2D eigenvalue weighted by Crippen LogP contribution is -2.41. The summed E-state index contributed by atoms with van der Waals surface area (Å²) in [6.45, 7) is 5.20. The van der Waals surface area contributed by atoms with Gasteiger partial charge in [-0.1, -0.05) is 6.92 Å². The molecule has 80 valence electrons. The second-order valence-electron chi connectivity index (χ2n) is 4.22. The lowest BCUT2D eigenvalue weighted by Gasteiger charge is -2.33. The molecule has 0 atom stereocenters. The van der Waals surface area contributed by atoms with E-state index in [2.05, 4.69) is 13.8 Å². The first-order valence-electron chi connectivity index (χ1n) is 5.04. The maximum atomic E-state index is 6.01. The van der Waals surface area contributed by atoms with Crippen LogP contribution in [0, 0.1) is 0 Å². The number of nitrogens with two attached hydrogens (primary N) is 1. The second kappa shape index (κ2) is 5.84. The monoisotopic (exact) mass is 207 g/mol. The lowest BCUT2D eigenvalue weighted by molar-refractivity contribution is 0.0159. The number of hydrogen-bond acceptors (Lipinski definition) is 2. The standard InChI is InChI=1S/C10H21NO.ClH/c1-3-8-12-9-4-6-10(2,11)7-5-9;/h9H,3-8,11H2,1-2H3;1H/t9-,10+;. The van der Waals surface area contributed by atoms with Crippen molar-refractivity contribution in [1.29, 1.82) is 0 Å². The van der Waals surface area contributed by atoms with E-state index in [0.29, 0.717) is 6.10 Å². The average molecular weight is 208 g/mol. The van der Waals surface area contributed by atoms with Gasteiger partial charge in [-0.25, -0.2) is 0 Å². The molecule has 0 aliphatic heterocycles. The summed E-state index contributed by atoms with van der Waals surface area (Å²) < 4.78 is 5.67. The summed E-state index contributed by atoms with van der Waals surface area (Å²) in [6, 6.07) is 0. The fourth-order valence-electron chi connectivity index (χ4n) is 1.70. The van der Waals surface area contributed by atoms with E-state index in [1.807, 2.05) is 0 Å². The van der Waals surface area contributed by atoms with E-state index >= 15 is 0 Å². The van der Waals surface area contributed by atoms with Gasteiger partial charge >= 0.3 is 0 Å². The van der Waals surface area contributed by atoms with Crippen LogP contribution >= 0.6 is 12.4 Å². The summed E-state index contributed by atoms with van der Waals surface area (Å²) in [5, 5.41) is 0. The summed E-state index contributed by atoms with van der Waals surface area (Å²) >= 11 is 0. The Labute approximate surface area is 87.6 Å². The number of rotatable bonds is 3. The van der Waals surface area contributed by atoms with Crippen LogP contribution in [0.1, 0.15) is 46.0 Å². The maximum absolute atomic E-state index is 6.01. The van der Waals surface area contributed by atoms with Gasteiger partial charge in [0.2, 0.25) is 0 Å². The molecule has 0 aromatic rings. The Morgan fingerprint density at radius 2 is 1.92 bits per heavy atom. The van der Waals surface area contributed by atoms with Crippen molar-refractivity contribution in [2.24, 2.45) is 5.73 Å². The van der Waals surface area contributed by atoms with Gasteiger partial charge in [0.05, 0.1) is 6.10 Å². The van der Waals surface area contributed by atoms with E-state index in [9.17, 15) is 0 Å². The zero-order chi connectivity index (χ0) is 9.03. The maximum Gasteiger partial charge on any atom is 0.0576 e. The molecule has 1 aliphatic rings. The van der Waals surface area contributed by atoms with E-state index < -0.39 is 0 Å². The SMILES string of the molecule is CCCO[C@H]1CC[C@@](C)(N)CC1.Cl. The molecule has 0 radical (unpaired) electrons. The molecule has 2 nitrogen and oxygen atoms in total. The third-order valence-corrected chi connectivity index (χ3v) is 2.63. The van der Waals surface area contributed by atoms with Crippen molar-refractivity contribution in [2.75, 3.05) is 6.61 Å². The van der Waals surface area contributed by atoms with Gasteiger partial charge in [0.25, 0.3) is 0 Å².